The van der Waals surface area contributed by atoms with E-state index < -0.39 is 34.4 Å². The van der Waals surface area contributed by atoms with E-state index in [0.29, 0.717) is 5.56 Å². The van der Waals surface area contributed by atoms with Crippen molar-refractivity contribution in [3.05, 3.63) is 29.3 Å². The third-order valence-electron chi connectivity index (χ3n) is 2.88. The van der Waals surface area contributed by atoms with Gasteiger partial charge in [-0.3, -0.25) is 9.59 Å². The summed E-state index contributed by atoms with van der Waals surface area (Å²) in [5.41, 5.74) is 1.20. The maximum Gasteiger partial charge on any atom is 0.321 e. The number of benzene rings is 1. The van der Waals surface area contributed by atoms with E-state index in [0.717, 1.165) is 5.56 Å². The highest BCUT2D eigenvalue weighted by molar-refractivity contribution is 7.89. The first-order valence-corrected chi connectivity index (χ1v) is 7.66. The molecule has 116 valence electrons. The fraction of sp³-hybridized carbons (Fsp3) is 0.385. The average Bonchev–Trinajstić information content (AvgIpc) is 2.36. The minimum Gasteiger partial charge on any atom is -0.481 e. The van der Waals surface area contributed by atoms with E-state index >= 15 is 0 Å². The molecule has 0 aromatic heterocycles. The van der Waals surface area contributed by atoms with E-state index in [9.17, 15) is 18.0 Å². The van der Waals surface area contributed by atoms with E-state index in [1.165, 1.54) is 6.07 Å². The molecule has 0 amide bonds. The number of hydrogen-bond donors (Lipinski definition) is 3. The van der Waals surface area contributed by atoms with Crippen LogP contribution in [0.2, 0.25) is 0 Å². The van der Waals surface area contributed by atoms with E-state index in [4.69, 9.17) is 10.2 Å². The number of hydrogen-bond acceptors (Lipinski definition) is 4. The monoisotopic (exact) mass is 315 g/mol. The zero-order valence-electron chi connectivity index (χ0n) is 11.7. The smallest absolute Gasteiger partial charge is 0.321 e. The maximum absolute atomic E-state index is 12.2. The lowest BCUT2D eigenvalue weighted by atomic mass is 10.2. The van der Waals surface area contributed by atoms with Crippen LogP contribution in [0.5, 0.6) is 0 Å². The summed E-state index contributed by atoms with van der Waals surface area (Å²) in [4.78, 5) is 21.5. The molecule has 21 heavy (non-hydrogen) atoms. The Labute approximate surface area is 122 Å². The van der Waals surface area contributed by atoms with Crippen LogP contribution in [0.1, 0.15) is 24.0 Å². The molecular weight excluding hydrogens is 298 g/mol. The Hall–Kier alpha value is -1.93. The number of carboxylic acid groups (broad SMARTS) is 2. The topological polar surface area (TPSA) is 121 Å². The number of nitrogens with one attached hydrogen (secondary N) is 1. The van der Waals surface area contributed by atoms with Crippen molar-refractivity contribution in [3.8, 4) is 0 Å². The SMILES string of the molecule is Cc1ccc(C)c(S(=O)(=O)N[C@@H](CCC(=O)O)C(=O)O)c1. The van der Waals surface area contributed by atoms with Gasteiger partial charge in [-0.15, -0.1) is 0 Å². The van der Waals surface area contributed by atoms with Crippen molar-refractivity contribution in [1.29, 1.82) is 0 Å². The van der Waals surface area contributed by atoms with Crippen molar-refractivity contribution in [2.75, 3.05) is 0 Å². The van der Waals surface area contributed by atoms with Crippen LogP contribution in [0, 0.1) is 13.8 Å². The Morgan fingerprint density at radius 2 is 1.86 bits per heavy atom. The number of rotatable bonds is 7. The van der Waals surface area contributed by atoms with E-state index in [1.54, 1.807) is 26.0 Å². The van der Waals surface area contributed by atoms with Gasteiger partial charge in [0.25, 0.3) is 0 Å². The van der Waals surface area contributed by atoms with Crippen LogP contribution in [0.25, 0.3) is 0 Å². The Bertz CT molecular complexity index is 653. The molecule has 1 atom stereocenters. The molecule has 0 fully saturated rings. The second kappa shape index (κ2) is 6.68. The lowest BCUT2D eigenvalue weighted by Gasteiger charge is -2.15. The molecule has 8 heteroatoms. The minimum atomic E-state index is -4.03. The van der Waals surface area contributed by atoms with Gasteiger partial charge in [-0.25, -0.2) is 8.42 Å². The third-order valence-corrected chi connectivity index (χ3v) is 4.49. The minimum absolute atomic E-state index is 0.0101. The van der Waals surface area contributed by atoms with Crippen LogP contribution >= 0.6 is 0 Å². The summed E-state index contributed by atoms with van der Waals surface area (Å²) in [6.07, 6.45) is -0.763. The summed E-state index contributed by atoms with van der Waals surface area (Å²) in [6, 6.07) is 3.32. The molecule has 0 aliphatic heterocycles. The number of aryl methyl sites for hydroxylation is 2. The van der Waals surface area contributed by atoms with Crippen molar-refractivity contribution >= 4 is 22.0 Å². The van der Waals surface area contributed by atoms with Crippen molar-refractivity contribution < 1.29 is 28.2 Å². The second-order valence-electron chi connectivity index (χ2n) is 4.71. The lowest BCUT2D eigenvalue weighted by molar-refractivity contribution is -0.140. The van der Waals surface area contributed by atoms with Crippen molar-refractivity contribution in [3.63, 3.8) is 0 Å². The number of carbonyl (C=O) groups is 2. The highest BCUT2D eigenvalue weighted by Gasteiger charge is 2.26. The van der Waals surface area contributed by atoms with Gasteiger partial charge in [-0.2, -0.15) is 4.72 Å². The highest BCUT2D eigenvalue weighted by Crippen LogP contribution is 2.17. The first kappa shape index (κ1) is 17.1. The van der Waals surface area contributed by atoms with Gasteiger partial charge in [0.1, 0.15) is 6.04 Å². The maximum atomic E-state index is 12.2. The zero-order chi connectivity index (χ0) is 16.2. The molecule has 0 unspecified atom stereocenters. The summed E-state index contributed by atoms with van der Waals surface area (Å²) in [5, 5.41) is 17.6. The van der Waals surface area contributed by atoms with Crippen LogP contribution < -0.4 is 4.72 Å². The molecule has 0 saturated carbocycles. The van der Waals surface area contributed by atoms with Crippen LogP contribution in [0.3, 0.4) is 0 Å². The summed E-state index contributed by atoms with van der Waals surface area (Å²) in [5.74, 6) is -2.60. The van der Waals surface area contributed by atoms with E-state index in [-0.39, 0.29) is 11.3 Å². The van der Waals surface area contributed by atoms with Crippen LogP contribution in [-0.2, 0) is 19.6 Å². The summed E-state index contributed by atoms with van der Waals surface area (Å²) in [7, 11) is -4.03. The van der Waals surface area contributed by atoms with Gasteiger partial charge in [0.2, 0.25) is 10.0 Å². The molecule has 1 aromatic rings. The zero-order valence-corrected chi connectivity index (χ0v) is 12.5. The molecule has 1 rings (SSSR count). The van der Waals surface area contributed by atoms with E-state index in [2.05, 4.69) is 0 Å². The molecular formula is C13H17NO6S. The molecule has 7 nitrogen and oxygen atoms in total. The lowest BCUT2D eigenvalue weighted by Crippen LogP contribution is -2.41. The van der Waals surface area contributed by atoms with Gasteiger partial charge >= 0.3 is 11.9 Å². The first-order chi connectivity index (χ1) is 9.63. The Balaban J connectivity index is 3.03. The second-order valence-corrected chi connectivity index (χ2v) is 6.40. The quantitative estimate of drug-likeness (QED) is 0.687. The Morgan fingerprint density at radius 3 is 2.38 bits per heavy atom. The Kier molecular flexibility index (Phi) is 5.45. The predicted octanol–water partition coefficient (Wildman–Crippen LogP) is 0.900. The molecule has 0 heterocycles. The van der Waals surface area contributed by atoms with Crippen LogP contribution in [0.15, 0.2) is 23.1 Å². The summed E-state index contributed by atoms with van der Waals surface area (Å²) >= 11 is 0. The predicted molar refractivity (Wildman–Crippen MR) is 74.5 cm³/mol. The van der Waals surface area contributed by atoms with Gasteiger partial charge in [-0.1, -0.05) is 12.1 Å². The standard InChI is InChI=1S/C13H17NO6S/c1-8-3-4-9(2)11(7-8)21(19,20)14-10(13(17)18)5-6-12(15)16/h3-4,7,10,14H,5-6H2,1-2H3,(H,15,16)(H,17,18)/t10-/m0/s1. The van der Waals surface area contributed by atoms with Crippen LogP contribution in [0.4, 0.5) is 0 Å². The average molecular weight is 315 g/mol. The molecule has 3 N–H and O–H groups in total. The molecule has 0 aliphatic carbocycles. The third kappa shape index (κ3) is 4.83. The molecule has 0 aliphatic rings. The van der Waals surface area contributed by atoms with Gasteiger partial charge in [0, 0.05) is 6.42 Å². The molecule has 1 aromatic carbocycles. The van der Waals surface area contributed by atoms with Crippen molar-refractivity contribution in [1.82, 2.24) is 4.72 Å². The molecule has 0 saturated heterocycles. The normalized spacial score (nSPS) is 12.9. The Morgan fingerprint density at radius 1 is 1.24 bits per heavy atom. The first-order valence-electron chi connectivity index (χ1n) is 6.17. The van der Waals surface area contributed by atoms with Crippen molar-refractivity contribution in [2.45, 2.75) is 37.6 Å². The molecule has 0 radical (unpaired) electrons. The summed E-state index contributed by atoms with van der Waals surface area (Å²) < 4.78 is 26.5. The number of aliphatic carboxylic acids is 2. The van der Waals surface area contributed by atoms with Gasteiger partial charge in [0.05, 0.1) is 4.90 Å². The van der Waals surface area contributed by atoms with Crippen LogP contribution in [-0.4, -0.2) is 36.6 Å². The highest BCUT2D eigenvalue weighted by atomic mass is 32.2. The molecule has 0 spiro atoms. The fourth-order valence-corrected chi connectivity index (χ4v) is 3.30. The summed E-state index contributed by atoms with van der Waals surface area (Å²) in [6.45, 7) is 3.32. The number of sulfonamides is 1. The molecule has 0 bridgehead atoms. The number of carboxylic acids is 2. The van der Waals surface area contributed by atoms with Gasteiger partial charge < -0.3 is 10.2 Å². The van der Waals surface area contributed by atoms with Crippen molar-refractivity contribution in [2.24, 2.45) is 0 Å². The van der Waals surface area contributed by atoms with Gasteiger partial charge in [0.15, 0.2) is 0 Å². The fourth-order valence-electron chi connectivity index (χ4n) is 1.75. The van der Waals surface area contributed by atoms with Gasteiger partial charge in [-0.05, 0) is 37.5 Å². The largest absolute Gasteiger partial charge is 0.481 e. The van der Waals surface area contributed by atoms with E-state index in [1.807, 2.05) is 4.72 Å².